The van der Waals surface area contributed by atoms with E-state index < -0.39 is 11.4 Å². The summed E-state index contributed by atoms with van der Waals surface area (Å²) in [6.45, 7) is 3.41. The quantitative estimate of drug-likeness (QED) is 0.781. The van der Waals surface area contributed by atoms with Crippen molar-refractivity contribution in [1.29, 1.82) is 0 Å². The molecule has 0 saturated heterocycles. The van der Waals surface area contributed by atoms with E-state index in [9.17, 15) is 4.79 Å². The first kappa shape index (κ1) is 9.19. The van der Waals surface area contributed by atoms with Crippen LogP contribution in [0.5, 0.6) is 0 Å². The predicted octanol–water partition coefficient (Wildman–Crippen LogP) is 1.80. The Balaban J connectivity index is 2.69. The van der Waals surface area contributed by atoms with Crippen molar-refractivity contribution in [3.63, 3.8) is 0 Å². The van der Waals surface area contributed by atoms with Crippen LogP contribution >= 0.6 is 11.3 Å². The molecular formula is C8H11NO2S. The SMILES string of the molecule is CC(C)(Cc1cscn1)C(=O)O. The van der Waals surface area contributed by atoms with E-state index in [1.165, 1.54) is 11.3 Å². The Bertz CT molecular complexity index is 267. The van der Waals surface area contributed by atoms with Crippen molar-refractivity contribution in [2.24, 2.45) is 5.41 Å². The summed E-state index contributed by atoms with van der Waals surface area (Å²) in [6.07, 6.45) is 0.492. The fourth-order valence-electron chi connectivity index (χ4n) is 0.853. The molecule has 0 aliphatic rings. The molecule has 4 heteroatoms. The number of hydrogen-bond donors (Lipinski definition) is 1. The molecule has 1 heterocycles. The van der Waals surface area contributed by atoms with Gasteiger partial charge in [-0.1, -0.05) is 0 Å². The maximum Gasteiger partial charge on any atom is 0.309 e. The molecule has 0 radical (unpaired) electrons. The summed E-state index contributed by atoms with van der Waals surface area (Å²) in [7, 11) is 0. The first-order chi connectivity index (χ1) is 5.52. The van der Waals surface area contributed by atoms with Crippen molar-refractivity contribution >= 4 is 17.3 Å². The second-order valence-corrected chi connectivity index (χ2v) is 4.06. The molecule has 0 atom stereocenters. The molecule has 0 saturated carbocycles. The minimum atomic E-state index is -0.782. The van der Waals surface area contributed by atoms with Crippen molar-refractivity contribution in [3.05, 3.63) is 16.6 Å². The molecule has 0 unspecified atom stereocenters. The highest BCUT2D eigenvalue weighted by molar-refractivity contribution is 7.07. The fraction of sp³-hybridized carbons (Fsp3) is 0.500. The molecule has 0 amide bonds. The monoisotopic (exact) mass is 185 g/mol. The largest absolute Gasteiger partial charge is 0.481 e. The van der Waals surface area contributed by atoms with Gasteiger partial charge < -0.3 is 5.11 Å². The predicted molar refractivity (Wildman–Crippen MR) is 47.2 cm³/mol. The molecule has 0 bridgehead atoms. The summed E-state index contributed by atoms with van der Waals surface area (Å²) in [5.74, 6) is -0.782. The summed E-state index contributed by atoms with van der Waals surface area (Å²) >= 11 is 1.49. The lowest BCUT2D eigenvalue weighted by Crippen LogP contribution is -2.26. The van der Waals surface area contributed by atoms with Crippen molar-refractivity contribution in [3.8, 4) is 0 Å². The summed E-state index contributed by atoms with van der Waals surface area (Å²) in [5.41, 5.74) is 1.86. The van der Waals surface area contributed by atoms with E-state index in [0.717, 1.165) is 5.69 Å². The van der Waals surface area contributed by atoms with Crippen LogP contribution in [-0.4, -0.2) is 16.1 Å². The Labute approximate surface area is 75.1 Å². The molecule has 0 fully saturated rings. The van der Waals surface area contributed by atoms with Gasteiger partial charge in [-0.2, -0.15) is 0 Å². The number of carboxylic acids is 1. The van der Waals surface area contributed by atoms with Crippen LogP contribution in [0.25, 0.3) is 0 Å². The van der Waals surface area contributed by atoms with Gasteiger partial charge in [-0.3, -0.25) is 4.79 Å². The number of hydrogen-bond acceptors (Lipinski definition) is 3. The van der Waals surface area contributed by atoms with E-state index in [1.807, 2.05) is 5.38 Å². The Morgan fingerprint density at radius 1 is 1.75 bits per heavy atom. The normalized spacial score (nSPS) is 11.5. The van der Waals surface area contributed by atoms with E-state index >= 15 is 0 Å². The number of nitrogens with zero attached hydrogens (tertiary/aromatic N) is 1. The lowest BCUT2D eigenvalue weighted by molar-refractivity contribution is -0.146. The smallest absolute Gasteiger partial charge is 0.309 e. The molecule has 66 valence electrons. The number of carbonyl (C=O) groups is 1. The van der Waals surface area contributed by atoms with Crippen LogP contribution in [0.4, 0.5) is 0 Å². The molecular weight excluding hydrogens is 174 g/mol. The molecule has 0 aromatic carbocycles. The standard InChI is InChI=1S/C8H11NO2S/c1-8(2,7(10)11)3-6-4-12-5-9-6/h4-5H,3H2,1-2H3,(H,10,11). The third-order valence-electron chi connectivity index (χ3n) is 1.69. The lowest BCUT2D eigenvalue weighted by atomic mass is 9.88. The van der Waals surface area contributed by atoms with Gasteiger partial charge in [0.05, 0.1) is 16.6 Å². The molecule has 0 aliphatic heterocycles. The Morgan fingerprint density at radius 3 is 2.83 bits per heavy atom. The third kappa shape index (κ3) is 2.04. The molecule has 0 aliphatic carbocycles. The van der Waals surface area contributed by atoms with Crippen molar-refractivity contribution in [2.45, 2.75) is 20.3 Å². The van der Waals surface area contributed by atoms with Crippen molar-refractivity contribution in [2.75, 3.05) is 0 Å². The Hall–Kier alpha value is -0.900. The van der Waals surface area contributed by atoms with Crippen LogP contribution in [0, 0.1) is 5.41 Å². The zero-order valence-corrected chi connectivity index (χ0v) is 7.89. The number of aromatic nitrogens is 1. The van der Waals surface area contributed by atoms with Crippen LogP contribution in [0.15, 0.2) is 10.9 Å². The van der Waals surface area contributed by atoms with E-state index in [-0.39, 0.29) is 0 Å². The van der Waals surface area contributed by atoms with E-state index in [2.05, 4.69) is 4.98 Å². The van der Waals surface area contributed by atoms with Gasteiger partial charge in [-0.05, 0) is 13.8 Å². The van der Waals surface area contributed by atoms with Crippen molar-refractivity contribution in [1.82, 2.24) is 4.98 Å². The number of rotatable bonds is 3. The summed E-state index contributed by atoms with van der Waals surface area (Å²) in [6, 6.07) is 0. The van der Waals surface area contributed by atoms with Gasteiger partial charge in [0.2, 0.25) is 0 Å². The highest BCUT2D eigenvalue weighted by Crippen LogP contribution is 2.21. The van der Waals surface area contributed by atoms with Crippen LogP contribution in [-0.2, 0) is 11.2 Å². The van der Waals surface area contributed by atoms with Gasteiger partial charge in [-0.15, -0.1) is 11.3 Å². The van der Waals surface area contributed by atoms with Crippen LogP contribution in [0.1, 0.15) is 19.5 Å². The van der Waals surface area contributed by atoms with Crippen molar-refractivity contribution < 1.29 is 9.90 Å². The Morgan fingerprint density at radius 2 is 2.42 bits per heavy atom. The molecule has 1 aromatic heterocycles. The molecule has 1 rings (SSSR count). The van der Waals surface area contributed by atoms with Gasteiger partial charge in [0.1, 0.15) is 0 Å². The van der Waals surface area contributed by atoms with Crippen LogP contribution < -0.4 is 0 Å². The topological polar surface area (TPSA) is 50.2 Å². The molecule has 3 nitrogen and oxygen atoms in total. The van der Waals surface area contributed by atoms with E-state index in [4.69, 9.17) is 5.11 Å². The summed E-state index contributed by atoms with van der Waals surface area (Å²) in [4.78, 5) is 14.8. The zero-order valence-electron chi connectivity index (χ0n) is 7.07. The maximum absolute atomic E-state index is 10.7. The highest BCUT2D eigenvalue weighted by atomic mass is 32.1. The number of thiazole rings is 1. The zero-order chi connectivity index (χ0) is 9.19. The average Bonchev–Trinajstić information content (AvgIpc) is 2.38. The summed E-state index contributed by atoms with van der Waals surface area (Å²) in [5, 5.41) is 10.7. The highest BCUT2D eigenvalue weighted by Gasteiger charge is 2.27. The molecule has 0 spiro atoms. The van der Waals surface area contributed by atoms with Gasteiger partial charge in [-0.25, -0.2) is 4.98 Å². The minimum Gasteiger partial charge on any atom is -0.481 e. The van der Waals surface area contributed by atoms with Gasteiger partial charge in [0.15, 0.2) is 0 Å². The minimum absolute atomic E-state index is 0.492. The van der Waals surface area contributed by atoms with Gasteiger partial charge >= 0.3 is 5.97 Å². The lowest BCUT2D eigenvalue weighted by Gasteiger charge is -2.16. The van der Waals surface area contributed by atoms with E-state index in [1.54, 1.807) is 19.4 Å². The number of carboxylic acid groups (broad SMARTS) is 1. The maximum atomic E-state index is 10.7. The second kappa shape index (κ2) is 3.23. The molecule has 1 aromatic rings. The van der Waals surface area contributed by atoms with Gasteiger partial charge in [0, 0.05) is 11.8 Å². The Kier molecular flexibility index (Phi) is 2.47. The fourth-order valence-corrected chi connectivity index (χ4v) is 1.41. The average molecular weight is 185 g/mol. The van der Waals surface area contributed by atoms with Gasteiger partial charge in [0.25, 0.3) is 0 Å². The first-order valence-corrected chi connectivity index (χ1v) is 4.57. The molecule has 12 heavy (non-hydrogen) atoms. The molecule has 1 N–H and O–H groups in total. The first-order valence-electron chi connectivity index (χ1n) is 3.63. The second-order valence-electron chi connectivity index (χ2n) is 3.35. The number of aliphatic carboxylic acids is 1. The van der Waals surface area contributed by atoms with Crippen LogP contribution in [0.3, 0.4) is 0 Å². The van der Waals surface area contributed by atoms with E-state index in [0.29, 0.717) is 6.42 Å². The third-order valence-corrected chi connectivity index (χ3v) is 2.32. The summed E-state index contributed by atoms with van der Waals surface area (Å²) < 4.78 is 0. The van der Waals surface area contributed by atoms with Crippen LogP contribution in [0.2, 0.25) is 0 Å².